The number of fused-ring (bicyclic) bond motifs is 4. The second-order valence-corrected chi connectivity index (χ2v) is 13.0. The number of carbonyl (C=O) groups excluding carboxylic acids is 1. The number of aromatic nitrogens is 6. The van der Waals surface area contributed by atoms with Crippen molar-refractivity contribution in [3.8, 4) is 23.0 Å². The number of nitrogen functional groups attached to an aromatic ring is 1. The molecule has 4 aromatic heterocycles. The Hall–Kier alpha value is -5.69. The van der Waals surface area contributed by atoms with Gasteiger partial charge in [-0.1, -0.05) is 18.1 Å². The molecule has 2 aliphatic rings. The van der Waals surface area contributed by atoms with Gasteiger partial charge < -0.3 is 16.2 Å². The summed E-state index contributed by atoms with van der Waals surface area (Å²) in [4.78, 5) is 18.4. The maximum absolute atomic E-state index is 15.4. The zero-order chi connectivity index (χ0) is 36.6. The fraction of sp³-hybridized carbons (Fsp3) is 0.286. The van der Waals surface area contributed by atoms with Crippen molar-refractivity contribution in [2.24, 2.45) is 5.92 Å². The summed E-state index contributed by atoms with van der Waals surface area (Å²) in [5.41, 5.74) is 4.45. The number of nitrogens with zero attached hydrogens (tertiary/aromatic N) is 6. The van der Waals surface area contributed by atoms with Crippen molar-refractivity contribution in [3.63, 3.8) is 0 Å². The van der Waals surface area contributed by atoms with Crippen molar-refractivity contribution >= 4 is 17.5 Å². The van der Waals surface area contributed by atoms with Crippen LogP contribution in [0.25, 0.3) is 16.8 Å². The molecule has 3 atom stereocenters. The van der Waals surface area contributed by atoms with Crippen molar-refractivity contribution in [2.75, 3.05) is 5.73 Å². The van der Waals surface area contributed by atoms with E-state index in [2.05, 4.69) is 44.0 Å². The highest BCUT2D eigenvalue weighted by atomic mass is 19.3. The molecule has 4 heterocycles. The topological polar surface area (TPSA) is 136 Å². The fourth-order valence-electron chi connectivity index (χ4n) is 6.58. The van der Waals surface area contributed by atoms with Crippen LogP contribution in [0.2, 0.25) is 0 Å². The first-order valence-corrected chi connectivity index (χ1v) is 15.6. The number of carbonyl (C=O) groups is 1. The Kier molecular flexibility index (Phi) is 7.93. The molecule has 0 aliphatic heterocycles. The SMILES string of the molecule is C=C1[C@@H]2c3c(C(F)F)nn(CC(=O)N[C@@H](Cc4cc(F)cc(F)c4)c4nc(C#CC(C)(C)O)ccc4-c4ccc5nnc(N)n5c4)c3C(F)(F)[C@H]12. The van der Waals surface area contributed by atoms with E-state index in [9.17, 15) is 27.5 Å². The van der Waals surface area contributed by atoms with Gasteiger partial charge in [0.2, 0.25) is 11.9 Å². The molecule has 0 spiro atoms. The third-order valence-electron chi connectivity index (χ3n) is 8.75. The first kappa shape index (κ1) is 33.8. The number of anilines is 1. The number of hydrogen-bond donors (Lipinski definition) is 3. The maximum Gasteiger partial charge on any atom is 0.297 e. The van der Waals surface area contributed by atoms with Gasteiger partial charge in [0.05, 0.1) is 17.7 Å². The predicted octanol–water partition coefficient (Wildman–Crippen LogP) is 5.38. The minimum atomic E-state index is -3.58. The Morgan fingerprint density at radius 1 is 1.12 bits per heavy atom. The van der Waals surface area contributed by atoms with Crippen LogP contribution in [0.1, 0.15) is 66.1 Å². The number of amides is 1. The average molecular weight is 707 g/mol. The standard InChI is InChI=1S/C35H28F6N8O2/c1-16-26-27-30(32(38)39)47-49(31(27)35(40,41)28(16)26)15-25(50)44-23(12-17-10-19(36)13-20(37)11-17)29-22(6-5-21(43-29)8-9-34(2,3)51)18-4-7-24-45-46-33(42)48(24)14-18/h4-7,10-11,13-14,23,26,28,32,51H,1,12,15H2,2-3H3,(H2,42,46)(H,44,50)/t23-,26+,28+/m0/s1. The number of nitrogens with two attached hydrogens (primary N) is 1. The molecule has 0 saturated heterocycles. The smallest absolute Gasteiger partial charge is 0.297 e. The van der Waals surface area contributed by atoms with Gasteiger partial charge in [-0.05, 0) is 68.2 Å². The highest BCUT2D eigenvalue weighted by molar-refractivity contribution is 5.78. The van der Waals surface area contributed by atoms with Crippen molar-refractivity contribution < 1.29 is 36.2 Å². The minimum absolute atomic E-state index is 0.0713. The molecule has 5 aromatic rings. The van der Waals surface area contributed by atoms with Crippen LogP contribution in [0.4, 0.5) is 32.3 Å². The number of pyridine rings is 2. The molecule has 0 radical (unpaired) electrons. The van der Waals surface area contributed by atoms with Gasteiger partial charge in [0.1, 0.15) is 40.9 Å². The molecule has 0 unspecified atom stereocenters. The van der Waals surface area contributed by atoms with Crippen molar-refractivity contribution in [2.45, 2.75) is 56.7 Å². The van der Waals surface area contributed by atoms with Gasteiger partial charge in [0, 0.05) is 34.9 Å². The lowest BCUT2D eigenvalue weighted by Crippen LogP contribution is -2.35. The van der Waals surface area contributed by atoms with Crippen molar-refractivity contribution in [1.82, 2.24) is 34.7 Å². The van der Waals surface area contributed by atoms with Crippen LogP contribution in [0.15, 0.2) is 60.8 Å². The van der Waals surface area contributed by atoms with E-state index in [-0.39, 0.29) is 40.5 Å². The van der Waals surface area contributed by atoms with Gasteiger partial charge in [-0.25, -0.2) is 22.5 Å². The molecule has 0 bridgehead atoms. The summed E-state index contributed by atoms with van der Waals surface area (Å²) in [5.74, 6) is -3.15. The first-order valence-electron chi connectivity index (χ1n) is 15.6. The average Bonchev–Trinajstić information content (AvgIpc) is 3.27. The second-order valence-electron chi connectivity index (χ2n) is 13.0. The summed E-state index contributed by atoms with van der Waals surface area (Å²) in [6.45, 7) is 5.62. The van der Waals surface area contributed by atoms with E-state index in [1.165, 1.54) is 18.2 Å². The van der Waals surface area contributed by atoms with Gasteiger partial charge in [-0.15, -0.1) is 10.2 Å². The van der Waals surface area contributed by atoms with E-state index in [0.29, 0.717) is 27.5 Å². The summed E-state index contributed by atoms with van der Waals surface area (Å²) in [5, 5.41) is 24.5. The number of rotatable bonds is 8. The number of hydrogen-bond acceptors (Lipinski definition) is 7. The monoisotopic (exact) mass is 706 g/mol. The van der Waals surface area contributed by atoms with Gasteiger partial charge in [0.15, 0.2) is 5.65 Å². The van der Waals surface area contributed by atoms with E-state index in [1.54, 1.807) is 30.5 Å². The Bertz CT molecular complexity index is 2300. The summed E-state index contributed by atoms with van der Waals surface area (Å²) in [6.07, 6.45) is -1.84. The van der Waals surface area contributed by atoms with Crippen LogP contribution in [-0.2, 0) is 23.7 Å². The lowest BCUT2D eigenvalue weighted by molar-refractivity contribution is -0.122. The Morgan fingerprint density at radius 2 is 1.84 bits per heavy atom. The second kappa shape index (κ2) is 12.0. The molecule has 2 aliphatic carbocycles. The van der Waals surface area contributed by atoms with Crippen molar-refractivity contribution in [3.05, 3.63) is 106 Å². The molecule has 1 saturated carbocycles. The lowest BCUT2D eigenvalue weighted by Gasteiger charge is -2.23. The lowest BCUT2D eigenvalue weighted by atomic mass is 9.95. The summed E-state index contributed by atoms with van der Waals surface area (Å²) in [6, 6.07) is 8.04. The van der Waals surface area contributed by atoms with Crippen LogP contribution in [-0.4, -0.2) is 46.0 Å². The molecular weight excluding hydrogens is 678 g/mol. The number of alkyl halides is 4. The Morgan fingerprint density at radius 3 is 2.53 bits per heavy atom. The van der Waals surface area contributed by atoms with Gasteiger partial charge in [-0.2, -0.15) is 13.9 Å². The molecule has 1 fully saturated rings. The van der Waals surface area contributed by atoms with Gasteiger partial charge in [0.25, 0.3) is 12.3 Å². The van der Waals surface area contributed by atoms with Gasteiger partial charge in [-0.3, -0.25) is 13.9 Å². The molecule has 51 heavy (non-hydrogen) atoms. The predicted molar refractivity (Wildman–Crippen MR) is 171 cm³/mol. The maximum atomic E-state index is 15.4. The zero-order valence-corrected chi connectivity index (χ0v) is 26.9. The summed E-state index contributed by atoms with van der Waals surface area (Å²) in [7, 11) is 0. The minimum Gasteiger partial charge on any atom is -0.378 e. The molecule has 4 N–H and O–H groups in total. The number of halogens is 6. The molecule has 1 aromatic carbocycles. The zero-order valence-electron chi connectivity index (χ0n) is 26.9. The number of benzene rings is 1. The van der Waals surface area contributed by atoms with E-state index >= 15 is 8.78 Å². The van der Waals surface area contributed by atoms with Crippen molar-refractivity contribution in [1.29, 1.82) is 0 Å². The third-order valence-corrected chi connectivity index (χ3v) is 8.75. The van der Waals surface area contributed by atoms with Crippen LogP contribution in [0.5, 0.6) is 0 Å². The van der Waals surface area contributed by atoms with E-state index in [1.807, 2.05) is 0 Å². The van der Waals surface area contributed by atoms with E-state index in [4.69, 9.17) is 5.73 Å². The Balaban J connectivity index is 1.33. The van der Waals surface area contributed by atoms with Gasteiger partial charge >= 0.3 is 0 Å². The highest BCUT2D eigenvalue weighted by Crippen LogP contribution is 2.71. The fourth-order valence-corrected chi connectivity index (χ4v) is 6.58. The van der Waals surface area contributed by atoms with Crippen LogP contribution in [0, 0.1) is 29.4 Å². The summed E-state index contributed by atoms with van der Waals surface area (Å²) < 4.78 is 89.7. The summed E-state index contributed by atoms with van der Waals surface area (Å²) >= 11 is 0. The largest absolute Gasteiger partial charge is 0.378 e. The molecular formula is C35H28F6N8O2. The van der Waals surface area contributed by atoms with Crippen LogP contribution < -0.4 is 11.1 Å². The van der Waals surface area contributed by atoms with Crippen LogP contribution >= 0.6 is 0 Å². The quantitative estimate of drug-likeness (QED) is 0.112. The molecule has 10 nitrogen and oxygen atoms in total. The number of nitrogens with one attached hydrogen (secondary N) is 1. The van der Waals surface area contributed by atoms with E-state index in [0.717, 1.165) is 12.1 Å². The molecule has 1 amide bonds. The molecule has 7 rings (SSSR count). The number of aliphatic hydroxyl groups is 1. The molecule has 16 heteroatoms. The normalized spacial score (nSPS) is 18.0. The van der Waals surface area contributed by atoms with E-state index < -0.39 is 71.3 Å². The first-order chi connectivity index (χ1) is 24.0. The third kappa shape index (κ3) is 6.18. The molecule has 262 valence electrons. The Labute approximate surface area is 286 Å². The highest BCUT2D eigenvalue weighted by Gasteiger charge is 2.70. The van der Waals surface area contributed by atoms with Crippen LogP contribution in [0.3, 0.4) is 0 Å². The number of allylic oxidation sites excluding steroid dienone is 1.